The summed E-state index contributed by atoms with van der Waals surface area (Å²) in [4.78, 5) is 13.1. The number of carbonyl (C=O) groups excluding carboxylic acids is 1. The molecule has 0 N–H and O–H groups in total. The van der Waals surface area contributed by atoms with Crippen molar-refractivity contribution in [1.29, 1.82) is 0 Å². The second-order valence-electron chi connectivity index (χ2n) is 4.08. The van der Waals surface area contributed by atoms with Crippen molar-refractivity contribution in [1.82, 2.24) is 4.90 Å². The van der Waals surface area contributed by atoms with Crippen LogP contribution < -0.4 is 0 Å². The van der Waals surface area contributed by atoms with E-state index in [0.717, 1.165) is 0 Å². The number of ether oxygens (including phenoxy) is 2. The zero-order valence-electron chi connectivity index (χ0n) is 8.50. The van der Waals surface area contributed by atoms with Crippen LogP contribution in [0.2, 0.25) is 0 Å². The highest BCUT2D eigenvalue weighted by atomic mass is 16.6. The van der Waals surface area contributed by atoms with Gasteiger partial charge in [-0.2, -0.15) is 0 Å². The molecule has 1 saturated heterocycles. The molecule has 1 aliphatic rings. The molecule has 14 heavy (non-hydrogen) atoms. The summed E-state index contributed by atoms with van der Waals surface area (Å²) in [6.45, 7) is 8.09. The molecule has 0 unspecified atom stereocenters. The minimum absolute atomic E-state index is 0. The lowest BCUT2D eigenvalue weighted by Gasteiger charge is -2.29. The van der Waals surface area contributed by atoms with E-state index >= 15 is 0 Å². The highest BCUT2D eigenvalue weighted by Crippen LogP contribution is 2.10. The molecule has 4 nitrogen and oxygen atoms in total. The molecular formula is C10H21NO3. The number of amides is 1. The highest BCUT2D eigenvalue weighted by Gasteiger charge is 2.23. The van der Waals surface area contributed by atoms with Crippen molar-refractivity contribution < 1.29 is 14.3 Å². The second kappa shape index (κ2) is 5.20. The van der Waals surface area contributed by atoms with Gasteiger partial charge in [-0.05, 0) is 20.8 Å². The minimum Gasteiger partial charge on any atom is -0.444 e. The first kappa shape index (κ1) is 13.2. The van der Waals surface area contributed by atoms with E-state index in [4.69, 9.17) is 9.47 Å². The Hall–Kier alpha value is -0.770. The summed E-state index contributed by atoms with van der Waals surface area (Å²) in [5, 5.41) is 0. The van der Waals surface area contributed by atoms with Crippen LogP contribution in [0, 0.1) is 0 Å². The Morgan fingerprint density at radius 1 is 1.29 bits per heavy atom. The monoisotopic (exact) mass is 203 g/mol. The van der Waals surface area contributed by atoms with Crippen molar-refractivity contribution in [3.63, 3.8) is 0 Å². The molecule has 84 valence electrons. The van der Waals surface area contributed by atoms with Gasteiger partial charge < -0.3 is 14.4 Å². The molecule has 1 aliphatic heterocycles. The molecular weight excluding hydrogens is 182 g/mol. The first-order chi connectivity index (χ1) is 5.99. The van der Waals surface area contributed by atoms with Gasteiger partial charge in [0.25, 0.3) is 0 Å². The van der Waals surface area contributed by atoms with E-state index in [1.807, 2.05) is 20.8 Å². The molecule has 0 aromatic heterocycles. The lowest BCUT2D eigenvalue weighted by atomic mass is 10.2. The van der Waals surface area contributed by atoms with E-state index in [9.17, 15) is 4.79 Å². The smallest absolute Gasteiger partial charge is 0.410 e. The highest BCUT2D eigenvalue weighted by molar-refractivity contribution is 5.68. The third kappa shape index (κ3) is 4.46. The average molecular weight is 203 g/mol. The molecule has 0 atom stereocenters. The Kier molecular flexibility index (Phi) is 4.91. The number of rotatable bonds is 0. The van der Waals surface area contributed by atoms with Gasteiger partial charge in [0, 0.05) is 13.1 Å². The molecule has 1 heterocycles. The first-order valence-electron chi connectivity index (χ1n) is 4.55. The molecule has 0 aromatic carbocycles. The first-order valence-corrected chi connectivity index (χ1v) is 4.55. The third-order valence-electron chi connectivity index (χ3n) is 1.66. The minimum atomic E-state index is -0.407. The van der Waals surface area contributed by atoms with Gasteiger partial charge in [-0.15, -0.1) is 0 Å². The van der Waals surface area contributed by atoms with E-state index in [0.29, 0.717) is 26.3 Å². The Morgan fingerprint density at radius 2 is 1.79 bits per heavy atom. The fourth-order valence-electron chi connectivity index (χ4n) is 1.07. The van der Waals surface area contributed by atoms with E-state index in [1.165, 1.54) is 0 Å². The van der Waals surface area contributed by atoms with Crippen LogP contribution in [-0.4, -0.2) is 42.9 Å². The van der Waals surface area contributed by atoms with Gasteiger partial charge in [-0.3, -0.25) is 0 Å². The maximum Gasteiger partial charge on any atom is 0.410 e. The molecule has 0 radical (unpaired) electrons. The fourth-order valence-corrected chi connectivity index (χ4v) is 1.07. The Morgan fingerprint density at radius 3 is 2.21 bits per heavy atom. The van der Waals surface area contributed by atoms with Crippen molar-refractivity contribution in [3.8, 4) is 0 Å². The predicted octanol–water partition coefficient (Wildman–Crippen LogP) is 1.89. The summed E-state index contributed by atoms with van der Waals surface area (Å²) in [7, 11) is 0. The van der Waals surface area contributed by atoms with Gasteiger partial charge in [0.1, 0.15) is 5.60 Å². The predicted molar refractivity (Wildman–Crippen MR) is 55.4 cm³/mol. The third-order valence-corrected chi connectivity index (χ3v) is 1.66. The van der Waals surface area contributed by atoms with Crippen molar-refractivity contribution in [3.05, 3.63) is 0 Å². The van der Waals surface area contributed by atoms with E-state index in [2.05, 4.69) is 0 Å². The molecule has 0 spiro atoms. The van der Waals surface area contributed by atoms with Crippen LogP contribution in [0.3, 0.4) is 0 Å². The van der Waals surface area contributed by atoms with Crippen LogP contribution in [0.1, 0.15) is 28.2 Å². The second-order valence-corrected chi connectivity index (χ2v) is 4.08. The zero-order chi connectivity index (χ0) is 9.90. The van der Waals surface area contributed by atoms with Crippen molar-refractivity contribution in [2.75, 3.05) is 26.3 Å². The van der Waals surface area contributed by atoms with Gasteiger partial charge >= 0.3 is 6.09 Å². The quantitative estimate of drug-likeness (QED) is 0.603. The molecule has 0 aliphatic carbocycles. The molecule has 0 saturated carbocycles. The topological polar surface area (TPSA) is 38.8 Å². The SMILES string of the molecule is C.CC(C)(C)OC(=O)N1CCOCC1. The van der Waals surface area contributed by atoms with Crippen LogP contribution in [0.4, 0.5) is 4.79 Å². The number of carbonyl (C=O) groups is 1. The van der Waals surface area contributed by atoms with Gasteiger partial charge in [0.05, 0.1) is 13.2 Å². The van der Waals surface area contributed by atoms with Crippen LogP contribution in [0.25, 0.3) is 0 Å². The zero-order valence-corrected chi connectivity index (χ0v) is 8.50. The van der Waals surface area contributed by atoms with E-state index in [1.54, 1.807) is 4.90 Å². The fraction of sp³-hybridized carbons (Fsp3) is 0.900. The maximum absolute atomic E-state index is 11.5. The Labute approximate surface area is 86.2 Å². The standard InChI is InChI=1S/C9H17NO3.CH4/c1-9(2,3)13-8(11)10-4-6-12-7-5-10;/h4-7H2,1-3H3;1H4. The molecule has 1 fully saturated rings. The molecule has 1 rings (SSSR count). The maximum atomic E-state index is 11.5. The van der Waals surface area contributed by atoms with Gasteiger partial charge in [-0.25, -0.2) is 4.79 Å². The van der Waals surface area contributed by atoms with Crippen molar-refractivity contribution >= 4 is 6.09 Å². The summed E-state index contributed by atoms with van der Waals surface area (Å²) in [6, 6.07) is 0. The van der Waals surface area contributed by atoms with Gasteiger partial charge in [-0.1, -0.05) is 7.43 Å². The summed E-state index contributed by atoms with van der Waals surface area (Å²) in [5.41, 5.74) is -0.407. The molecule has 0 aromatic rings. The number of hydrogen-bond donors (Lipinski definition) is 0. The largest absolute Gasteiger partial charge is 0.444 e. The lowest BCUT2D eigenvalue weighted by molar-refractivity contribution is -0.00676. The summed E-state index contributed by atoms with van der Waals surface area (Å²) >= 11 is 0. The summed E-state index contributed by atoms with van der Waals surface area (Å²) in [5.74, 6) is 0. The molecule has 1 amide bonds. The normalized spacial score (nSPS) is 17.2. The average Bonchev–Trinajstić information content (AvgIpc) is 2.03. The number of nitrogens with zero attached hydrogens (tertiary/aromatic N) is 1. The number of hydrogen-bond acceptors (Lipinski definition) is 3. The van der Waals surface area contributed by atoms with Crippen LogP contribution in [0.5, 0.6) is 0 Å². The molecule has 4 heteroatoms. The van der Waals surface area contributed by atoms with Gasteiger partial charge in [0.15, 0.2) is 0 Å². The summed E-state index contributed by atoms with van der Waals surface area (Å²) < 4.78 is 10.3. The van der Waals surface area contributed by atoms with Crippen molar-refractivity contribution in [2.45, 2.75) is 33.8 Å². The van der Waals surface area contributed by atoms with E-state index in [-0.39, 0.29) is 13.5 Å². The number of morpholine rings is 1. The van der Waals surface area contributed by atoms with Gasteiger partial charge in [0.2, 0.25) is 0 Å². The van der Waals surface area contributed by atoms with Crippen LogP contribution in [-0.2, 0) is 9.47 Å². The Bertz CT molecular complexity index is 180. The van der Waals surface area contributed by atoms with Crippen LogP contribution in [0.15, 0.2) is 0 Å². The Balaban J connectivity index is 0.00000169. The molecule has 0 bridgehead atoms. The van der Waals surface area contributed by atoms with Crippen LogP contribution >= 0.6 is 0 Å². The lowest BCUT2D eigenvalue weighted by Crippen LogP contribution is -2.43. The van der Waals surface area contributed by atoms with Crippen molar-refractivity contribution in [2.24, 2.45) is 0 Å². The van der Waals surface area contributed by atoms with E-state index < -0.39 is 5.60 Å². The summed E-state index contributed by atoms with van der Waals surface area (Å²) in [6.07, 6.45) is -0.240.